The zero-order valence-electron chi connectivity index (χ0n) is 12.3. The monoisotopic (exact) mass is 339 g/mol. The van der Waals surface area contributed by atoms with E-state index < -0.39 is 16.0 Å². The van der Waals surface area contributed by atoms with Gasteiger partial charge in [-0.15, -0.1) is 11.3 Å². The molecule has 0 saturated carbocycles. The molecule has 22 heavy (non-hydrogen) atoms. The van der Waals surface area contributed by atoms with E-state index in [1.165, 1.54) is 22.7 Å². The molecule has 2 aromatic rings. The van der Waals surface area contributed by atoms with Gasteiger partial charge in [0.15, 0.2) is 0 Å². The van der Waals surface area contributed by atoms with Crippen LogP contribution in [-0.2, 0) is 21.2 Å². The standard InChI is InChI=1S/C15H17NO4S2/c1-11-6-9-15(21-11)22(19,20)16(2)13-5-3-4-12(10-13)7-8-14(17)18/h3-6,9-10H,7-8H2,1-2H3,(H,17,18). The minimum Gasteiger partial charge on any atom is -0.481 e. The summed E-state index contributed by atoms with van der Waals surface area (Å²) in [4.78, 5) is 11.6. The van der Waals surface area contributed by atoms with Crippen molar-refractivity contribution in [1.82, 2.24) is 0 Å². The van der Waals surface area contributed by atoms with Gasteiger partial charge in [0.05, 0.1) is 5.69 Å². The van der Waals surface area contributed by atoms with Crippen molar-refractivity contribution in [3.8, 4) is 0 Å². The number of aliphatic carboxylic acids is 1. The van der Waals surface area contributed by atoms with Crippen LogP contribution in [0.25, 0.3) is 0 Å². The van der Waals surface area contributed by atoms with E-state index in [1.807, 2.05) is 6.92 Å². The van der Waals surface area contributed by atoms with Gasteiger partial charge in [-0.3, -0.25) is 9.10 Å². The Morgan fingerprint density at radius 3 is 2.59 bits per heavy atom. The Morgan fingerprint density at radius 2 is 2.00 bits per heavy atom. The van der Waals surface area contributed by atoms with Crippen LogP contribution in [0.5, 0.6) is 0 Å². The summed E-state index contributed by atoms with van der Waals surface area (Å²) in [6, 6.07) is 10.3. The van der Waals surface area contributed by atoms with Gasteiger partial charge in [-0.25, -0.2) is 8.42 Å². The third-order valence-electron chi connectivity index (χ3n) is 3.23. The van der Waals surface area contributed by atoms with Gasteiger partial charge in [0.25, 0.3) is 10.0 Å². The van der Waals surface area contributed by atoms with E-state index in [0.717, 1.165) is 10.4 Å². The molecular weight excluding hydrogens is 322 g/mol. The predicted molar refractivity (Wildman–Crippen MR) is 87.0 cm³/mol. The van der Waals surface area contributed by atoms with Gasteiger partial charge in [0.1, 0.15) is 4.21 Å². The van der Waals surface area contributed by atoms with Crippen molar-refractivity contribution in [2.45, 2.75) is 24.0 Å². The lowest BCUT2D eigenvalue weighted by Gasteiger charge is -2.19. The van der Waals surface area contributed by atoms with Crippen LogP contribution in [0.15, 0.2) is 40.6 Å². The molecular formula is C15H17NO4S2. The molecule has 7 heteroatoms. The number of hydrogen-bond donors (Lipinski definition) is 1. The Labute approximate surface area is 133 Å². The van der Waals surface area contributed by atoms with Crippen LogP contribution < -0.4 is 4.31 Å². The fourth-order valence-corrected chi connectivity index (χ4v) is 4.63. The average molecular weight is 339 g/mol. The van der Waals surface area contributed by atoms with E-state index in [-0.39, 0.29) is 6.42 Å². The van der Waals surface area contributed by atoms with Crippen molar-refractivity contribution in [1.29, 1.82) is 0 Å². The molecule has 0 radical (unpaired) electrons. The quantitative estimate of drug-likeness (QED) is 0.878. The largest absolute Gasteiger partial charge is 0.481 e. The number of sulfonamides is 1. The number of anilines is 1. The maximum atomic E-state index is 12.6. The molecule has 0 spiro atoms. The lowest BCUT2D eigenvalue weighted by Crippen LogP contribution is -2.25. The third kappa shape index (κ3) is 3.66. The predicted octanol–water partition coefficient (Wildman–Crippen LogP) is 2.90. The molecule has 0 fully saturated rings. The molecule has 0 aliphatic rings. The molecule has 1 aromatic carbocycles. The van der Waals surface area contributed by atoms with Crippen LogP contribution in [0.1, 0.15) is 16.9 Å². The smallest absolute Gasteiger partial charge is 0.303 e. The summed E-state index contributed by atoms with van der Waals surface area (Å²) in [5.41, 5.74) is 1.32. The van der Waals surface area contributed by atoms with E-state index in [9.17, 15) is 13.2 Å². The summed E-state index contributed by atoms with van der Waals surface area (Å²) >= 11 is 1.23. The number of benzene rings is 1. The maximum absolute atomic E-state index is 12.6. The summed E-state index contributed by atoms with van der Waals surface area (Å²) in [6.07, 6.45) is 0.388. The van der Waals surface area contributed by atoms with E-state index in [4.69, 9.17) is 5.11 Å². The van der Waals surface area contributed by atoms with Crippen LogP contribution in [0.4, 0.5) is 5.69 Å². The van der Waals surface area contributed by atoms with Crippen LogP contribution in [0.3, 0.4) is 0 Å². The Bertz CT molecular complexity index is 780. The van der Waals surface area contributed by atoms with Crippen molar-refractivity contribution >= 4 is 33.0 Å². The number of nitrogens with zero attached hydrogens (tertiary/aromatic N) is 1. The maximum Gasteiger partial charge on any atom is 0.303 e. The molecule has 0 aliphatic heterocycles. The fourth-order valence-electron chi connectivity index (χ4n) is 1.98. The first-order valence-electron chi connectivity index (χ1n) is 6.67. The summed E-state index contributed by atoms with van der Waals surface area (Å²) in [5, 5.41) is 8.73. The van der Waals surface area contributed by atoms with Crippen LogP contribution in [-0.4, -0.2) is 26.5 Å². The van der Waals surface area contributed by atoms with Gasteiger partial charge < -0.3 is 5.11 Å². The van der Waals surface area contributed by atoms with Gasteiger partial charge in [0.2, 0.25) is 0 Å². The number of carboxylic acid groups (broad SMARTS) is 1. The molecule has 0 unspecified atom stereocenters. The number of aryl methyl sites for hydroxylation is 2. The lowest BCUT2D eigenvalue weighted by molar-refractivity contribution is -0.136. The number of carbonyl (C=O) groups is 1. The van der Waals surface area contributed by atoms with Crippen molar-refractivity contribution in [2.24, 2.45) is 0 Å². The Morgan fingerprint density at radius 1 is 1.27 bits per heavy atom. The number of thiophene rings is 1. The van der Waals surface area contributed by atoms with Crippen molar-refractivity contribution in [3.63, 3.8) is 0 Å². The highest BCUT2D eigenvalue weighted by molar-refractivity contribution is 7.94. The first kappa shape index (κ1) is 16.5. The van der Waals surface area contributed by atoms with Gasteiger partial charge in [-0.2, -0.15) is 0 Å². The molecule has 5 nitrogen and oxygen atoms in total. The summed E-state index contributed by atoms with van der Waals surface area (Å²) in [5.74, 6) is -0.875. The topological polar surface area (TPSA) is 74.7 Å². The molecule has 0 atom stereocenters. The van der Waals surface area contributed by atoms with Crippen LogP contribution in [0, 0.1) is 6.92 Å². The van der Waals surface area contributed by atoms with Crippen molar-refractivity contribution in [3.05, 3.63) is 46.8 Å². The van der Waals surface area contributed by atoms with Crippen molar-refractivity contribution < 1.29 is 18.3 Å². The first-order valence-corrected chi connectivity index (χ1v) is 8.92. The average Bonchev–Trinajstić information content (AvgIpc) is 2.92. The molecule has 1 heterocycles. The second-order valence-corrected chi connectivity index (χ2v) is 8.39. The van der Waals surface area contributed by atoms with E-state index >= 15 is 0 Å². The van der Waals surface area contributed by atoms with Crippen molar-refractivity contribution in [2.75, 3.05) is 11.4 Å². The van der Waals surface area contributed by atoms with Gasteiger partial charge in [0, 0.05) is 18.3 Å². The SMILES string of the molecule is Cc1ccc(S(=O)(=O)N(C)c2cccc(CCC(=O)O)c2)s1. The number of carboxylic acids is 1. The molecule has 0 amide bonds. The lowest BCUT2D eigenvalue weighted by atomic mass is 10.1. The number of hydrogen-bond acceptors (Lipinski definition) is 4. The Balaban J connectivity index is 2.27. The third-order valence-corrected chi connectivity index (χ3v) is 6.49. The van der Waals surface area contributed by atoms with Crippen LogP contribution >= 0.6 is 11.3 Å². The minimum absolute atomic E-state index is 0.0179. The Kier molecular flexibility index (Phi) is 4.87. The Hall–Kier alpha value is -1.86. The summed E-state index contributed by atoms with van der Waals surface area (Å²) in [6.45, 7) is 1.86. The molecule has 1 aromatic heterocycles. The first-order chi connectivity index (χ1) is 10.3. The van der Waals surface area contributed by atoms with Crippen LogP contribution in [0.2, 0.25) is 0 Å². The summed E-state index contributed by atoms with van der Waals surface area (Å²) in [7, 11) is -2.08. The second kappa shape index (κ2) is 6.50. The zero-order chi connectivity index (χ0) is 16.3. The highest BCUT2D eigenvalue weighted by atomic mass is 32.2. The van der Waals surface area contributed by atoms with E-state index in [1.54, 1.807) is 36.4 Å². The zero-order valence-corrected chi connectivity index (χ0v) is 13.9. The van der Waals surface area contributed by atoms with E-state index in [2.05, 4.69) is 0 Å². The minimum atomic E-state index is -3.58. The molecule has 0 saturated heterocycles. The highest BCUT2D eigenvalue weighted by Crippen LogP contribution is 2.27. The normalized spacial score (nSPS) is 11.4. The molecule has 118 valence electrons. The van der Waals surface area contributed by atoms with Gasteiger partial charge in [-0.05, 0) is 43.2 Å². The number of rotatable bonds is 6. The van der Waals surface area contributed by atoms with Gasteiger partial charge >= 0.3 is 5.97 Å². The second-order valence-electron chi connectivity index (χ2n) is 4.90. The summed E-state index contributed by atoms with van der Waals surface area (Å²) < 4.78 is 26.7. The van der Waals surface area contributed by atoms with E-state index in [0.29, 0.717) is 16.3 Å². The molecule has 0 bridgehead atoms. The highest BCUT2D eigenvalue weighted by Gasteiger charge is 2.23. The molecule has 0 aliphatic carbocycles. The fraction of sp³-hybridized carbons (Fsp3) is 0.267. The molecule has 1 N–H and O–H groups in total. The molecule has 2 rings (SSSR count). The van der Waals surface area contributed by atoms with Gasteiger partial charge in [-0.1, -0.05) is 12.1 Å².